The first-order valence-electron chi connectivity index (χ1n) is 4.14. The van der Waals surface area contributed by atoms with Crippen molar-refractivity contribution in [1.82, 2.24) is 4.98 Å². The lowest BCUT2D eigenvalue weighted by atomic mass is 10.1. The molecule has 3 heteroatoms. The molecule has 1 fully saturated rings. The number of aromatic nitrogens is 1. The number of pyridine rings is 1. The number of nitrogens with two attached hydrogens (primary N) is 1. The second-order valence-electron chi connectivity index (χ2n) is 3.28. The summed E-state index contributed by atoms with van der Waals surface area (Å²) in [5.74, 6) is 0.708. The monoisotopic (exact) mass is 226 g/mol. The highest BCUT2D eigenvalue weighted by atomic mass is 79.9. The zero-order valence-electron chi connectivity index (χ0n) is 6.70. The van der Waals surface area contributed by atoms with Gasteiger partial charge in [-0.25, -0.2) is 4.98 Å². The second kappa shape index (κ2) is 3.15. The van der Waals surface area contributed by atoms with Crippen LogP contribution < -0.4 is 5.73 Å². The molecule has 2 rings (SSSR count). The molecule has 1 aromatic rings. The van der Waals surface area contributed by atoms with Crippen LogP contribution in [0.25, 0.3) is 0 Å². The Hall–Kier alpha value is -0.410. The summed E-state index contributed by atoms with van der Waals surface area (Å²) in [6.07, 6.45) is 4.35. The summed E-state index contributed by atoms with van der Waals surface area (Å²) < 4.78 is 0.871. The van der Waals surface area contributed by atoms with Crippen LogP contribution >= 0.6 is 15.9 Å². The summed E-state index contributed by atoms with van der Waals surface area (Å²) in [5.41, 5.74) is 7.21. The first-order valence-corrected chi connectivity index (χ1v) is 4.93. The second-order valence-corrected chi connectivity index (χ2v) is 4.09. The highest BCUT2D eigenvalue weighted by Gasteiger charge is 2.29. The summed E-state index contributed by atoms with van der Waals surface area (Å²) in [6.45, 7) is 0. The quantitative estimate of drug-likeness (QED) is 0.787. The Balaban J connectivity index is 2.20. The molecule has 0 aliphatic heterocycles. The van der Waals surface area contributed by atoms with Gasteiger partial charge in [0.05, 0.1) is 0 Å². The van der Waals surface area contributed by atoms with Crippen LogP contribution in [0.2, 0.25) is 0 Å². The lowest BCUT2D eigenvalue weighted by Crippen LogP contribution is -2.12. The highest BCUT2D eigenvalue weighted by Crippen LogP contribution is 2.39. The van der Waals surface area contributed by atoms with E-state index >= 15 is 0 Å². The van der Waals surface area contributed by atoms with Gasteiger partial charge in [-0.05, 0) is 52.4 Å². The van der Waals surface area contributed by atoms with Crippen LogP contribution in [-0.4, -0.2) is 4.98 Å². The zero-order valence-corrected chi connectivity index (χ0v) is 8.29. The molecule has 1 aliphatic carbocycles. The molecule has 1 saturated carbocycles. The lowest BCUT2D eigenvalue weighted by Gasteiger charge is -2.09. The Morgan fingerprint density at radius 3 is 2.92 bits per heavy atom. The maximum absolute atomic E-state index is 6.02. The lowest BCUT2D eigenvalue weighted by molar-refractivity contribution is 0.632. The molecule has 2 nitrogen and oxygen atoms in total. The Morgan fingerprint density at radius 2 is 2.33 bits per heavy atom. The molecule has 1 atom stereocenters. The van der Waals surface area contributed by atoms with Gasteiger partial charge in [-0.1, -0.05) is 0 Å². The number of hydrogen-bond donors (Lipinski definition) is 1. The normalized spacial score (nSPS) is 19.2. The van der Waals surface area contributed by atoms with E-state index in [0.717, 1.165) is 4.60 Å². The van der Waals surface area contributed by atoms with E-state index in [9.17, 15) is 0 Å². The highest BCUT2D eigenvalue weighted by molar-refractivity contribution is 9.10. The Morgan fingerprint density at radius 1 is 1.58 bits per heavy atom. The summed E-state index contributed by atoms with van der Waals surface area (Å²) in [4.78, 5) is 4.06. The van der Waals surface area contributed by atoms with Crippen molar-refractivity contribution in [2.45, 2.75) is 18.9 Å². The first kappa shape index (κ1) is 8.20. The van der Waals surface area contributed by atoms with Gasteiger partial charge in [0, 0.05) is 12.2 Å². The molecule has 0 spiro atoms. The average Bonchev–Trinajstić information content (AvgIpc) is 2.85. The number of nitrogens with zero attached hydrogens (tertiary/aromatic N) is 1. The number of rotatable bonds is 2. The van der Waals surface area contributed by atoms with Gasteiger partial charge in [0.15, 0.2) is 0 Å². The molecular weight excluding hydrogens is 216 g/mol. The summed E-state index contributed by atoms with van der Waals surface area (Å²) >= 11 is 3.33. The molecule has 12 heavy (non-hydrogen) atoms. The predicted octanol–water partition coefficient (Wildman–Crippen LogP) is 2.25. The largest absolute Gasteiger partial charge is 0.324 e. The smallest absolute Gasteiger partial charge is 0.106 e. The van der Waals surface area contributed by atoms with Crippen molar-refractivity contribution in [1.29, 1.82) is 0 Å². The van der Waals surface area contributed by atoms with Crippen molar-refractivity contribution in [3.05, 3.63) is 28.5 Å². The molecule has 1 heterocycles. The summed E-state index contributed by atoms with van der Waals surface area (Å²) in [6, 6.07) is 4.21. The van der Waals surface area contributed by atoms with Crippen molar-refractivity contribution in [3.63, 3.8) is 0 Å². The minimum Gasteiger partial charge on any atom is -0.324 e. The zero-order chi connectivity index (χ0) is 8.55. The van der Waals surface area contributed by atoms with E-state index in [-0.39, 0.29) is 6.04 Å². The molecule has 0 saturated heterocycles. The van der Waals surface area contributed by atoms with Gasteiger partial charge < -0.3 is 5.73 Å². The molecule has 0 aromatic carbocycles. The molecule has 0 bridgehead atoms. The van der Waals surface area contributed by atoms with Gasteiger partial charge in [-0.15, -0.1) is 0 Å². The van der Waals surface area contributed by atoms with Gasteiger partial charge in [-0.2, -0.15) is 0 Å². The van der Waals surface area contributed by atoms with Crippen molar-refractivity contribution in [2.24, 2.45) is 11.7 Å². The summed E-state index contributed by atoms with van der Waals surface area (Å²) in [5, 5.41) is 0. The van der Waals surface area contributed by atoms with Gasteiger partial charge in [0.1, 0.15) is 4.60 Å². The molecule has 1 aromatic heterocycles. The fraction of sp³-hybridized carbons (Fsp3) is 0.444. The minimum atomic E-state index is 0.212. The number of hydrogen-bond acceptors (Lipinski definition) is 2. The topological polar surface area (TPSA) is 38.9 Å². The van der Waals surface area contributed by atoms with Crippen LogP contribution in [-0.2, 0) is 0 Å². The van der Waals surface area contributed by atoms with Crippen LogP contribution in [0.5, 0.6) is 0 Å². The van der Waals surface area contributed by atoms with E-state index < -0.39 is 0 Å². The standard InChI is InChI=1S/C9H11BrN2/c10-8-5-7(3-4-12-8)9(11)6-1-2-6/h3-6,9H,1-2,11H2/t9-/m0/s1. The molecule has 0 radical (unpaired) electrons. The average molecular weight is 227 g/mol. The number of halogens is 1. The molecule has 0 unspecified atom stereocenters. The van der Waals surface area contributed by atoms with Crippen molar-refractivity contribution < 1.29 is 0 Å². The van der Waals surface area contributed by atoms with E-state index in [1.807, 2.05) is 12.1 Å². The van der Waals surface area contributed by atoms with Gasteiger partial charge >= 0.3 is 0 Å². The molecular formula is C9H11BrN2. The van der Waals surface area contributed by atoms with E-state index in [0.29, 0.717) is 5.92 Å². The van der Waals surface area contributed by atoms with Crippen molar-refractivity contribution >= 4 is 15.9 Å². The van der Waals surface area contributed by atoms with Crippen LogP contribution in [0.15, 0.2) is 22.9 Å². The van der Waals surface area contributed by atoms with Crippen LogP contribution in [0, 0.1) is 5.92 Å². The van der Waals surface area contributed by atoms with Crippen LogP contribution in [0.4, 0.5) is 0 Å². The fourth-order valence-electron chi connectivity index (χ4n) is 1.35. The summed E-state index contributed by atoms with van der Waals surface area (Å²) in [7, 11) is 0. The Labute approximate surface area is 80.3 Å². The van der Waals surface area contributed by atoms with Crippen molar-refractivity contribution in [3.8, 4) is 0 Å². The van der Waals surface area contributed by atoms with E-state index in [1.54, 1.807) is 6.20 Å². The molecule has 0 amide bonds. The minimum absolute atomic E-state index is 0.212. The third-order valence-electron chi connectivity index (χ3n) is 2.27. The first-order chi connectivity index (χ1) is 5.77. The van der Waals surface area contributed by atoms with Crippen LogP contribution in [0.3, 0.4) is 0 Å². The Kier molecular flexibility index (Phi) is 2.15. The van der Waals surface area contributed by atoms with Crippen molar-refractivity contribution in [2.75, 3.05) is 0 Å². The van der Waals surface area contributed by atoms with Crippen LogP contribution in [0.1, 0.15) is 24.4 Å². The SMILES string of the molecule is N[C@H](c1ccnc(Br)c1)C1CC1. The van der Waals surface area contributed by atoms with Gasteiger partial charge in [0.2, 0.25) is 0 Å². The molecule has 1 aliphatic rings. The van der Waals surface area contributed by atoms with Gasteiger partial charge in [0.25, 0.3) is 0 Å². The fourth-order valence-corrected chi connectivity index (χ4v) is 1.73. The van der Waals surface area contributed by atoms with E-state index in [2.05, 4.69) is 20.9 Å². The Bertz CT molecular complexity index is 284. The van der Waals surface area contributed by atoms with E-state index in [1.165, 1.54) is 18.4 Å². The maximum Gasteiger partial charge on any atom is 0.106 e. The van der Waals surface area contributed by atoms with Gasteiger partial charge in [-0.3, -0.25) is 0 Å². The predicted molar refractivity (Wildman–Crippen MR) is 51.6 cm³/mol. The third kappa shape index (κ3) is 1.67. The van der Waals surface area contributed by atoms with E-state index in [4.69, 9.17) is 5.73 Å². The maximum atomic E-state index is 6.02. The molecule has 64 valence electrons. The molecule has 2 N–H and O–H groups in total. The third-order valence-corrected chi connectivity index (χ3v) is 2.70.